The molecule has 0 amide bonds. The minimum Gasteiger partial charge on any atom is -0.423 e. The summed E-state index contributed by atoms with van der Waals surface area (Å²) in [5.74, 6) is -4.62. The van der Waals surface area contributed by atoms with Crippen molar-refractivity contribution in [1.29, 1.82) is 0 Å². The summed E-state index contributed by atoms with van der Waals surface area (Å²) in [4.78, 5) is 9.91. The zero-order chi connectivity index (χ0) is 22.4. The number of halogens is 7. The number of ether oxygens (including phenoxy) is 1. The molecule has 10 heteroatoms. The van der Waals surface area contributed by atoms with Gasteiger partial charge in [-0.05, 0) is 54.4 Å². The van der Waals surface area contributed by atoms with E-state index in [-0.39, 0.29) is 17.7 Å². The van der Waals surface area contributed by atoms with E-state index in [9.17, 15) is 33.0 Å². The molecule has 0 aromatic heterocycles. The lowest BCUT2D eigenvalue weighted by molar-refractivity contribution is 0.0724. The van der Waals surface area contributed by atoms with E-state index in [1.807, 2.05) is 6.92 Å². The Hall–Kier alpha value is -3.01. The molecule has 0 spiro atoms. The van der Waals surface area contributed by atoms with Crippen molar-refractivity contribution in [2.75, 3.05) is 0 Å². The molecule has 2 nitrogen and oxygen atoms in total. The molecule has 0 heterocycles. The highest BCUT2D eigenvalue weighted by atomic mass is 32.5. The van der Waals surface area contributed by atoms with Crippen molar-refractivity contribution < 1.29 is 37.7 Å². The van der Waals surface area contributed by atoms with Gasteiger partial charge in [0.05, 0.1) is 0 Å². The fraction of sp³-hybridized carbons (Fsp3) is 0.0500. The molecule has 0 unspecified atom stereocenters. The summed E-state index contributed by atoms with van der Waals surface area (Å²) >= 11 is 0. The SMILES string of the molecule is Cc1ccc(-c2cc(F)c(C(=O)Oc3ccc(S(F)(F)(F)(F)F)cc3)c(F)c2)cc1. The number of aryl methyl sites for hydroxylation is 1. The van der Waals surface area contributed by atoms with Crippen LogP contribution in [0, 0.1) is 18.6 Å². The topological polar surface area (TPSA) is 26.3 Å². The second-order valence-corrected chi connectivity index (χ2v) is 8.92. The summed E-state index contributed by atoms with van der Waals surface area (Å²) in [5.41, 5.74) is 0.505. The van der Waals surface area contributed by atoms with Crippen LogP contribution in [-0.4, -0.2) is 5.97 Å². The first kappa shape index (κ1) is 21.7. The van der Waals surface area contributed by atoms with Crippen molar-refractivity contribution in [3.8, 4) is 16.9 Å². The van der Waals surface area contributed by atoms with Crippen LogP contribution in [-0.2, 0) is 0 Å². The van der Waals surface area contributed by atoms with Gasteiger partial charge < -0.3 is 4.74 Å². The molecule has 30 heavy (non-hydrogen) atoms. The van der Waals surface area contributed by atoms with Gasteiger partial charge >= 0.3 is 16.2 Å². The molecule has 3 aromatic carbocycles. The predicted octanol–water partition coefficient (Wildman–Crippen LogP) is 7.82. The Kier molecular flexibility index (Phi) is 4.70. The fourth-order valence-electron chi connectivity index (χ4n) is 2.60. The van der Waals surface area contributed by atoms with E-state index in [1.54, 1.807) is 24.3 Å². The highest BCUT2D eigenvalue weighted by molar-refractivity contribution is 8.45. The highest BCUT2D eigenvalue weighted by Crippen LogP contribution is 3.02. The smallest absolute Gasteiger partial charge is 0.349 e. The maximum atomic E-state index is 14.4. The van der Waals surface area contributed by atoms with Crippen LogP contribution in [0.25, 0.3) is 11.1 Å². The van der Waals surface area contributed by atoms with Gasteiger partial charge in [0.1, 0.15) is 27.8 Å². The first-order chi connectivity index (χ1) is 13.6. The van der Waals surface area contributed by atoms with Crippen LogP contribution >= 0.6 is 10.2 Å². The Morgan fingerprint density at radius 1 is 0.767 bits per heavy atom. The number of hydrogen-bond donors (Lipinski definition) is 0. The summed E-state index contributed by atoms with van der Waals surface area (Å²) in [6.45, 7) is 1.83. The Labute approximate surface area is 166 Å². The molecule has 0 N–H and O–H groups in total. The van der Waals surface area contributed by atoms with Gasteiger partial charge in [0.15, 0.2) is 0 Å². The van der Waals surface area contributed by atoms with Gasteiger partial charge in [-0.2, -0.15) is 0 Å². The van der Waals surface area contributed by atoms with Crippen molar-refractivity contribution in [3.63, 3.8) is 0 Å². The van der Waals surface area contributed by atoms with Gasteiger partial charge in [-0.15, -0.1) is 0 Å². The second kappa shape index (κ2) is 6.49. The second-order valence-electron chi connectivity index (χ2n) is 6.51. The van der Waals surface area contributed by atoms with E-state index in [0.717, 1.165) is 17.7 Å². The van der Waals surface area contributed by atoms with Crippen molar-refractivity contribution in [1.82, 2.24) is 0 Å². The predicted molar refractivity (Wildman–Crippen MR) is 99.3 cm³/mol. The summed E-state index contributed by atoms with van der Waals surface area (Å²) in [7, 11) is -9.89. The summed E-state index contributed by atoms with van der Waals surface area (Å²) in [6, 6.07) is 9.48. The van der Waals surface area contributed by atoms with E-state index >= 15 is 0 Å². The molecule has 160 valence electrons. The van der Waals surface area contributed by atoms with Crippen LogP contribution in [0.3, 0.4) is 0 Å². The van der Waals surface area contributed by atoms with E-state index < -0.39 is 44.0 Å². The molecule has 3 rings (SSSR count). The zero-order valence-electron chi connectivity index (χ0n) is 15.1. The average Bonchev–Trinajstić information content (AvgIpc) is 2.60. The van der Waals surface area contributed by atoms with Gasteiger partial charge in [0.2, 0.25) is 0 Å². The highest BCUT2D eigenvalue weighted by Gasteiger charge is 2.65. The molecule has 0 atom stereocenters. The molecular formula is C20H13F7O2S. The van der Waals surface area contributed by atoms with Crippen LogP contribution in [0.2, 0.25) is 0 Å². The number of carbonyl (C=O) groups excluding carboxylic acids is 1. The quantitative estimate of drug-likeness (QED) is 0.230. The lowest BCUT2D eigenvalue weighted by atomic mass is 10.0. The van der Waals surface area contributed by atoms with E-state index in [2.05, 4.69) is 4.74 Å². The summed E-state index contributed by atoms with van der Waals surface area (Å²) < 4.78 is 96.9. The monoisotopic (exact) mass is 450 g/mol. The lowest BCUT2D eigenvalue weighted by Crippen LogP contribution is -2.13. The molecule has 0 aliphatic rings. The largest absolute Gasteiger partial charge is 0.423 e. The van der Waals surface area contributed by atoms with Gasteiger partial charge in [0, 0.05) is 0 Å². The van der Waals surface area contributed by atoms with Gasteiger partial charge in [-0.3, -0.25) is 0 Å². The molecule has 0 radical (unpaired) electrons. The third-order valence-corrected chi connectivity index (χ3v) is 5.27. The van der Waals surface area contributed by atoms with E-state index in [4.69, 9.17) is 0 Å². The molecule has 3 aromatic rings. The Bertz CT molecular complexity index is 1100. The Balaban J connectivity index is 1.86. The van der Waals surface area contributed by atoms with Crippen LogP contribution in [0.4, 0.5) is 28.2 Å². The summed E-state index contributed by atoms with van der Waals surface area (Å²) in [6.07, 6.45) is 0. The minimum absolute atomic E-state index is 0.0252. The van der Waals surface area contributed by atoms with E-state index in [1.165, 1.54) is 0 Å². The molecule has 0 saturated carbocycles. The molecule has 0 bridgehead atoms. The maximum Gasteiger partial charge on any atom is 0.349 e. The minimum atomic E-state index is -9.89. The van der Waals surface area contributed by atoms with Crippen molar-refractivity contribution in [2.45, 2.75) is 11.8 Å². The van der Waals surface area contributed by atoms with E-state index in [0.29, 0.717) is 17.7 Å². The summed E-state index contributed by atoms with van der Waals surface area (Å²) in [5, 5.41) is 0. The normalized spacial score (nSPS) is 14.0. The number of carbonyl (C=O) groups is 1. The van der Waals surface area contributed by atoms with Crippen molar-refractivity contribution in [3.05, 3.63) is 83.4 Å². The number of esters is 1. The third-order valence-electron chi connectivity index (χ3n) is 4.11. The third kappa shape index (κ3) is 4.76. The average molecular weight is 450 g/mol. The van der Waals surface area contributed by atoms with Gasteiger partial charge in [0.25, 0.3) is 0 Å². The standard InChI is InChI=1S/C20H13F7O2S/c1-12-2-4-13(5-3-12)14-10-17(21)19(18(22)11-14)20(28)29-15-6-8-16(9-7-15)30(23,24,25,26)27/h2-11H,1H3. The molecule has 0 saturated heterocycles. The number of rotatable bonds is 4. The maximum absolute atomic E-state index is 14.4. The fourth-order valence-corrected chi connectivity index (χ4v) is 3.25. The number of benzene rings is 3. The molecule has 0 fully saturated rings. The van der Waals surface area contributed by atoms with Gasteiger partial charge in [-0.1, -0.05) is 49.3 Å². The zero-order valence-corrected chi connectivity index (χ0v) is 16.0. The Morgan fingerprint density at radius 2 is 1.27 bits per heavy atom. The van der Waals surface area contributed by atoms with Crippen molar-refractivity contribution in [2.24, 2.45) is 0 Å². The van der Waals surface area contributed by atoms with Crippen LogP contribution in [0.15, 0.2) is 65.6 Å². The Morgan fingerprint density at radius 3 is 1.73 bits per heavy atom. The first-order valence-corrected chi connectivity index (χ1v) is 10.2. The van der Waals surface area contributed by atoms with Crippen LogP contribution in [0.5, 0.6) is 5.75 Å². The lowest BCUT2D eigenvalue weighted by Gasteiger charge is -2.40. The number of hydrogen-bond acceptors (Lipinski definition) is 2. The first-order valence-electron chi connectivity index (χ1n) is 8.26. The molecular weight excluding hydrogens is 437 g/mol. The van der Waals surface area contributed by atoms with Crippen LogP contribution in [0.1, 0.15) is 15.9 Å². The molecule has 0 aliphatic carbocycles. The van der Waals surface area contributed by atoms with Crippen molar-refractivity contribution >= 4 is 16.2 Å². The van der Waals surface area contributed by atoms with Gasteiger partial charge in [-0.25, -0.2) is 13.6 Å². The molecule has 0 aliphatic heterocycles. The van der Waals surface area contributed by atoms with Crippen LogP contribution < -0.4 is 4.74 Å².